The molecule has 5 rings (SSSR count). The number of hydrogen-bond acceptors (Lipinski definition) is 14. The van der Waals surface area contributed by atoms with Crippen LogP contribution in [0.25, 0.3) is 0 Å². The zero-order valence-corrected chi connectivity index (χ0v) is 23.8. The lowest BCUT2D eigenvalue weighted by Crippen LogP contribution is -2.53. The van der Waals surface area contributed by atoms with Crippen LogP contribution in [0.4, 0.5) is 0 Å². The number of aliphatic hydroxyl groups is 3. The summed E-state index contributed by atoms with van der Waals surface area (Å²) in [6.45, 7) is 0.629. The molecular formula is C27H30N3O12S-. The summed E-state index contributed by atoms with van der Waals surface area (Å²) < 4.78 is 39.3. The number of aliphatic hydroxyl groups excluding tert-OH is 2. The molecule has 1 heterocycles. The van der Waals surface area contributed by atoms with Crippen molar-refractivity contribution >= 4 is 28.5 Å². The van der Waals surface area contributed by atoms with Crippen molar-refractivity contribution < 1.29 is 58.1 Å². The van der Waals surface area contributed by atoms with Crippen LogP contribution < -0.4 is 15.3 Å². The van der Waals surface area contributed by atoms with Gasteiger partial charge in [0.25, 0.3) is 0 Å². The highest BCUT2D eigenvalue weighted by atomic mass is 32.2. The van der Waals surface area contributed by atoms with Crippen LogP contribution in [0.1, 0.15) is 68.8 Å². The van der Waals surface area contributed by atoms with Gasteiger partial charge in [0.15, 0.2) is 12.1 Å². The van der Waals surface area contributed by atoms with E-state index in [1.165, 1.54) is 25.3 Å². The fourth-order valence-electron chi connectivity index (χ4n) is 5.99. The first-order valence-electron chi connectivity index (χ1n) is 13.2. The third-order valence-electron chi connectivity index (χ3n) is 8.08. The highest BCUT2D eigenvalue weighted by Crippen LogP contribution is 2.52. The largest absolute Gasteiger partial charge is 0.754 e. The molecule has 8 N–H and O–H groups in total. The number of hydrazone groups is 1. The molecule has 0 radical (unpaired) electrons. The summed E-state index contributed by atoms with van der Waals surface area (Å²) in [5.74, 6) is -2.95. The number of hydrogen-bond donors (Lipinski definition) is 7. The number of phenols is 2. The van der Waals surface area contributed by atoms with Gasteiger partial charge >= 0.3 is 0 Å². The second kappa shape index (κ2) is 11.5. The van der Waals surface area contributed by atoms with E-state index in [2.05, 4.69) is 5.10 Å². The molecule has 6 unspecified atom stereocenters. The van der Waals surface area contributed by atoms with Crippen molar-refractivity contribution in [3.63, 3.8) is 0 Å². The van der Waals surface area contributed by atoms with Crippen molar-refractivity contribution in [2.24, 2.45) is 10.8 Å². The molecule has 1 fully saturated rings. The Morgan fingerprint density at radius 3 is 2.56 bits per heavy atom. The van der Waals surface area contributed by atoms with Crippen LogP contribution in [0.2, 0.25) is 0 Å². The van der Waals surface area contributed by atoms with Crippen molar-refractivity contribution in [3.05, 3.63) is 51.6 Å². The fourth-order valence-corrected chi connectivity index (χ4v) is 6.17. The van der Waals surface area contributed by atoms with E-state index in [-0.39, 0.29) is 34.4 Å². The molecule has 15 nitrogen and oxygen atoms in total. The molecule has 0 bridgehead atoms. The number of phenolic OH excluding ortho intramolecular Hbond substituents is 2. The predicted octanol–water partition coefficient (Wildman–Crippen LogP) is -0.828. The number of carbonyl (C=O) groups excluding carboxylic acids is 2. The summed E-state index contributed by atoms with van der Waals surface area (Å²) in [5, 5.41) is 58.6. The van der Waals surface area contributed by atoms with Crippen molar-refractivity contribution in [2.75, 3.05) is 13.7 Å². The summed E-state index contributed by atoms with van der Waals surface area (Å²) in [5.41, 5.74) is 1.82. The van der Waals surface area contributed by atoms with Crippen LogP contribution >= 0.6 is 0 Å². The maximum absolute atomic E-state index is 13.8. The van der Waals surface area contributed by atoms with E-state index in [4.69, 9.17) is 19.9 Å². The van der Waals surface area contributed by atoms with Gasteiger partial charge in [-0.15, -0.1) is 0 Å². The molecule has 2 aromatic rings. The van der Waals surface area contributed by atoms with E-state index in [1.54, 1.807) is 11.8 Å². The number of methoxy groups -OCH3 is 1. The Balaban J connectivity index is 1.70. The molecule has 3 aliphatic rings. The summed E-state index contributed by atoms with van der Waals surface area (Å²) in [7, 11) is 1.31. The van der Waals surface area contributed by atoms with Crippen molar-refractivity contribution in [3.8, 4) is 17.2 Å². The SMILES string of the molecule is COc1cccc2c1C(=O)c1c(O)c3c(c(O)c1C2=O)CC(O)(C(CO)=NNS(=O)[O-])C[C@@H]3OC1CC(N)C(O)C(C)O1. The lowest BCUT2D eigenvalue weighted by Gasteiger charge is -2.43. The number of benzene rings is 2. The van der Waals surface area contributed by atoms with Gasteiger partial charge in [-0.05, 0) is 13.0 Å². The van der Waals surface area contributed by atoms with Crippen LogP contribution in [0.3, 0.4) is 0 Å². The summed E-state index contributed by atoms with van der Waals surface area (Å²) in [4.78, 5) is 29.1. The Kier molecular flexibility index (Phi) is 8.32. The summed E-state index contributed by atoms with van der Waals surface area (Å²) in [6.07, 6.45) is -5.35. The van der Waals surface area contributed by atoms with E-state index >= 15 is 0 Å². The quantitative estimate of drug-likeness (QED) is 0.0738. The Bertz CT molecular complexity index is 1540. The number of nitrogens with zero attached hydrogens (tertiary/aromatic N) is 1. The molecule has 1 saturated heterocycles. The second-order valence-corrected chi connectivity index (χ2v) is 11.3. The predicted molar refractivity (Wildman–Crippen MR) is 146 cm³/mol. The Morgan fingerprint density at radius 1 is 1.23 bits per heavy atom. The average molecular weight is 621 g/mol. The van der Waals surface area contributed by atoms with Gasteiger partial charge in [0.1, 0.15) is 22.8 Å². The first kappa shape index (κ1) is 31.0. The lowest BCUT2D eigenvalue weighted by atomic mass is 9.71. The zero-order chi connectivity index (χ0) is 31.4. The standard InChI is InChI=1S/C27H31N3O12S/c1-10-22(32)13(28)6-17(41-10)42-15-8-27(37,16(9-31)29-30-43(38)39)7-12-19(15)26(36)21-20(24(12)34)23(33)11-4-3-5-14(40-2)18(11)25(21)35/h3-5,10,13,15,17,22,30-32,34,36-37H,6-9,28H2,1-2H3,(H,38,39)/p-1/t10?,13?,15-,17?,22?,27?/m0/s1. The number of nitrogens with one attached hydrogen (secondary N) is 1. The highest BCUT2D eigenvalue weighted by molar-refractivity contribution is 7.77. The first-order valence-corrected chi connectivity index (χ1v) is 14.3. The van der Waals surface area contributed by atoms with Crippen LogP contribution in [0, 0.1) is 0 Å². The molecular weight excluding hydrogens is 590 g/mol. The number of nitrogens with two attached hydrogens (primary N) is 1. The van der Waals surface area contributed by atoms with Crippen molar-refractivity contribution in [2.45, 2.75) is 62.4 Å². The van der Waals surface area contributed by atoms with E-state index in [0.717, 1.165) is 0 Å². The number of aromatic hydroxyl groups is 2. The number of ketones is 2. The molecule has 0 amide bonds. The van der Waals surface area contributed by atoms with Gasteiger partial charge in [-0.25, -0.2) is 4.83 Å². The Morgan fingerprint density at radius 2 is 1.93 bits per heavy atom. The monoisotopic (exact) mass is 620 g/mol. The normalized spacial score (nSPS) is 29.4. The van der Waals surface area contributed by atoms with Crippen LogP contribution in [-0.4, -0.2) is 95.4 Å². The number of fused-ring (bicyclic) bond motifs is 3. The molecule has 16 heteroatoms. The van der Waals surface area contributed by atoms with Gasteiger partial charge < -0.3 is 50.0 Å². The van der Waals surface area contributed by atoms with Gasteiger partial charge in [-0.1, -0.05) is 12.1 Å². The Hall–Kier alpha value is -3.48. The maximum atomic E-state index is 13.8. The third kappa shape index (κ3) is 5.19. The van der Waals surface area contributed by atoms with Crippen LogP contribution in [0.5, 0.6) is 17.2 Å². The first-order chi connectivity index (χ1) is 20.3. The van der Waals surface area contributed by atoms with E-state index in [1.807, 2.05) is 0 Å². The minimum Gasteiger partial charge on any atom is -0.754 e. The number of carbonyl (C=O) groups is 2. The number of rotatable bonds is 7. The molecule has 0 spiro atoms. The summed E-state index contributed by atoms with van der Waals surface area (Å²) >= 11 is -2.90. The molecule has 2 aliphatic carbocycles. The average Bonchev–Trinajstić information content (AvgIpc) is 2.95. The van der Waals surface area contributed by atoms with E-state index in [0.29, 0.717) is 0 Å². The minimum atomic E-state index is -2.90. The molecule has 0 aromatic heterocycles. The molecule has 1 aliphatic heterocycles. The topological polar surface area (TPSA) is 254 Å². The van der Waals surface area contributed by atoms with Gasteiger partial charge in [0.05, 0.1) is 65.7 Å². The van der Waals surface area contributed by atoms with Crippen LogP contribution in [-0.2, 0) is 27.2 Å². The van der Waals surface area contributed by atoms with Crippen molar-refractivity contribution in [1.29, 1.82) is 0 Å². The van der Waals surface area contributed by atoms with Gasteiger partial charge in [0.2, 0.25) is 5.78 Å². The summed E-state index contributed by atoms with van der Waals surface area (Å²) in [6, 6.07) is 3.54. The minimum absolute atomic E-state index is 0.0207. The molecule has 2 aromatic carbocycles. The Labute approximate surface area is 247 Å². The number of ether oxygens (including phenoxy) is 3. The van der Waals surface area contributed by atoms with Gasteiger partial charge in [-0.2, -0.15) is 5.10 Å². The molecule has 7 atom stereocenters. The van der Waals surface area contributed by atoms with Gasteiger partial charge in [0, 0.05) is 42.0 Å². The molecule has 232 valence electrons. The van der Waals surface area contributed by atoms with E-state index < -0.39 is 107 Å². The molecule has 0 saturated carbocycles. The van der Waals surface area contributed by atoms with Crippen LogP contribution in [0.15, 0.2) is 23.3 Å². The lowest BCUT2D eigenvalue weighted by molar-refractivity contribution is -0.245. The highest BCUT2D eigenvalue weighted by Gasteiger charge is 2.49. The zero-order valence-electron chi connectivity index (χ0n) is 23.0. The molecule has 43 heavy (non-hydrogen) atoms. The second-order valence-electron chi connectivity index (χ2n) is 10.6. The van der Waals surface area contributed by atoms with E-state index in [9.17, 15) is 43.9 Å². The maximum Gasteiger partial charge on any atom is 0.202 e. The fraction of sp³-hybridized carbons (Fsp3) is 0.444. The smallest absolute Gasteiger partial charge is 0.202 e. The van der Waals surface area contributed by atoms with Gasteiger partial charge in [-0.3, -0.25) is 13.8 Å². The van der Waals surface area contributed by atoms with Crippen molar-refractivity contribution in [1.82, 2.24) is 4.83 Å². The third-order valence-corrected chi connectivity index (χ3v) is 8.33.